The smallest absolute Gasteiger partial charge is 0.257 e. The molecule has 0 atom stereocenters. The van der Waals surface area contributed by atoms with Gasteiger partial charge in [0.05, 0.1) is 29.3 Å². The molecule has 2 aromatic rings. The second-order valence-electron chi connectivity index (χ2n) is 12.1. The van der Waals surface area contributed by atoms with Gasteiger partial charge in [-0.2, -0.15) is 0 Å². The molecule has 1 aliphatic heterocycles. The molecule has 0 bridgehead atoms. The first-order valence-corrected chi connectivity index (χ1v) is 15.9. The number of fused-ring (bicyclic) bond motifs is 1. The van der Waals surface area contributed by atoms with Crippen molar-refractivity contribution in [1.82, 2.24) is 0 Å². The Morgan fingerprint density at radius 3 is 2.42 bits per heavy atom. The third-order valence-corrected chi connectivity index (χ3v) is 10.9. The van der Waals surface area contributed by atoms with E-state index in [1.165, 1.54) is 56.1 Å². The van der Waals surface area contributed by atoms with Crippen molar-refractivity contribution in [2.75, 3.05) is 40.4 Å². The zero-order valence-corrected chi connectivity index (χ0v) is 22.9. The molecule has 0 unspecified atom stereocenters. The Morgan fingerprint density at radius 1 is 0.947 bits per heavy atom. The summed E-state index contributed by atoms with van der Waals surface area (Å²) in [4.78, 5) is 16.0. The van der Waals surface area contributed by atoms with Gasteiger partial charge in [0, 0.05) is 18.8 Å². The Balaban J connectivity index is 1.27. The van der Waals surface area contributed by atoms with Crippen molar-refractivity contribution in [3.63, 3.8) is 0 Å². The molecule has 0 aromatic heterocycles. The van der Waals surface area contributed by atoms with Gasteiger partial charge in [-0.3, -0.25) is 9.52 Å². The summed E-state index contributed by atoms with van der Waals surface area (Å²) in [6.07, 6.45) is 13.4. The standard InChI is InChI=1S/C30H39N3O4S/c34-18-19-38(36,37)32-23-6-7-25(27(20-23)33-16-14-29(12-13-29)15-17-33)28(35)31-26-5-3-4-22-21-30(9-1-2-10-30)11-8-24(22)26/h3-7,20,32,34H,1-2,8-19,21H2,(H,31,35). The van der Waals surface area contributed by atoms with E-state index < -0.39 is 16.6 Å². The SMILES string of the molecule is O=C(Nc1cccc2c1CCC1(CCCC1)C2)c1ccc(NS(=O)(=O)CCO)cc1N1CCC2(CC1)CC2. The predicted octanol–water partition coefficient (Wildman–Crippen LogP) is 5.10. The van der Waals surface area contributed by atoms with E-state index >= 15 is 0 Å². The number of piperidine rings is 1. The third kappa shape index (κ3) is 5.17. The van der Waals surface area contributed by atoms with Gasteiger partial charge < -0.3 is 15.3 Å². The van der Waals surface area contributed by atoms with Crippen LogP contribution in [0.2, 0.25) is 0 Å². The third-order valence-electron chi connectivity index (χ3n) is 9.65. The Hall–Kier alpha value is -2.58. The molecule has 4 aliphatic rings. The summed E-state index contributed by atoms with van der Waals surface area (Å²) in [6, 6.07) is 11.4. The second-order valence-corrected chi connectivity index (χ2v) is 14.0. The normalized spacial score (nSPS) is 21.3. The molecule has 3 aliphatic carbocycles. The minimum Gasteiger partial charge on any atom is -0.395 e. The number of anilines is 3. The summed E-state index contributed by atoms with van der Waals surface area (Å²) in [5, 5.41) is 12.3. The van der Waals surface area contributed by atoms with Crippen molar-refractivity contribution in [3.05, 3.63) is 53.1 Å². The van der Waals surface area contributed by atoms with Gasteiger partial charge in [0.1, 0.15) is 0 Å². The average molecular weight is 538 g/mol. The van der Waals surface area contributed by atoms with Crippen LogP contribution in [0.25, 0.3) is 0 Å². The van der Waals surface area contributed by atoms with Crippen LogP contribution in [0.5, 0.6) is 0 Å². The van der Waals surface area contributed by atoms with E-state index in [4.69, 9.17) is 5.11 Å². The van der Waals surface area contributed by atoms with Gasteiger partial charge in [0.15, 0.2) is 0 Å². The number of aliphatic hydroxyl groups excluding tert-OH is 1. The fraction of sp³-hybridized carbons (Fsp3) is 0.567. The van der Waals surface area contributed by atoms with Crippen LogP contribution >= 0.6 is 0 Å². The molecule has 8 heteroatoms. The first kappa shape index (κ1) is 25.7. The van der Waals surface area contributed by atoms with E-state index in [1.807, 2.05) is 6.07 Å². The van der Waals surface area contributed by atoms with Gasteiger partial charge in [-0.05, 0) is 104 Å². The molecule has 1 amide bonds. The number of amides is 1. The molecule has 2 aromatic carbocycles. The van der Waals surface area contributed by atoms with Gasteiger partial charge in [-0.1, -0.05) is 25.0 Å². The number of aliphatic hydroxyl groups is 1. The molecule has 6 rings (SSSR count). The molecule has 204 valence electrons. The highest BCUT2D eigenvalue weighted by Crippen LogP contribution is 2.54. The molecule has 0 radical (unpaired) electrons. The molecule has 38 heavy (non-hydrogen) atoms. The summed E-state index contributed by atoms with van der Waals surface area (Å²) in [7, 11) is -3.66. The van der Waals surface area contributed by atoms with Crippen LogP contribution in [-0.4, -0.2) is 44.9 Å². The zero-order chi connectivity index (χ0) is 26.4. The summed E-state index contributed by atoms with van der Waals surface area (Å²) >= 11 is 0. The Morgan fingerprint density at radius 2 is 1.71 bits per heavy atom. The largest absolute Gasteiger partial charge is 0.395 e. The van der Waals surface area contributed by atoms with Crippen LogP contribution in [-0.2, 0) is 22.9 Å². The van der Waals surface area contributed by atoms with E-state index in [-0.39, 0.29) is 11.7 Å². The Labute approximate surface area is 226 Å². The fourth-order valence-corrected chi connectivity index (χ4v) is 7.96. The number of hydrogen-bond acceptors (Lipinski definition) is 5. The molecule has 3 fully saturated rings. The van der Waals surface area contributed by atoms with E-state index in [2.05, 4.69) is 27.1 Å². The number of rotatable bonds is 7. The number of nitrogens with zero attached hydrogens (tertiary/aromatic N) is 1. The lowest BCUT2D eigenvalue weighted by atomic mass is 9.70. The second kappa shape index (κ2) is 9.87. The van der Waals surface area contributed by atoms with Crippen LogP contribution in [0, 0.1) is 10.8 Å². The average Bonchev–Trinajstić information content (AvgIpc) is 3.50. The zero-order valence-electron chi connectivity index (χ0n) is 22.1. The van der Waals surface area contributed by atoms with Gasteiger partial charge in [0.25, 0.3) is 5.91 Å². The number of hydrogen-bond donors (Lipinski definition) is 3. The van der Waals surface area contributed by atoms with E-state index in [0.29, 0.717) is 22.1 Å². The number of carbonyl (C=O) groups is 1. The van der Waals surface area contributed by atoms with Crippen LogP contribution in [0.1, 0.15) is 79.3 Å². The highest BCUT2D eigenvalue weighted by atomic mass is 32.2. The Kier molecular flexibility index (Phi) is 6.67. The maximum Gasteiger partial charge on any atom is 0.257 e. The van der Waals surface area contributed by atoms with Gasteiger partial charge >= 0.3 is 0 Å². The molecule has 2 saturated carbocycles. The number of sulfonamides is 1. The topological polar surface area (TPSA) is 98.7 Å². The van der Waals surface area contributed by atoms with Crippen molar-refractivity contribution < 1.29 is 18.3 Å². The molecular weight excluding hydrogens is 498 g/mol. The van der Waals surface area contributed by atoms with Crippen LogP contribution in [0.3, 0.4) is 0 Å². The lowest BCUT2D eigenvalue weighted by Crippen LogP contribution is -2.36. The van der Waals surface area contributed by atoms with Crippen molar-refractivity contribution in [1.29, 1.82) is 0 Å². The summed E-state index contributed by atoms with van der Waals surface area (Å²) in [5.41, 5.74) is 6.20. The van der Waals surface area contributed by atoms with Gasteiger partial charge in [0.2, 0.25) is 10.0 Å². The van der Waals surface area contributed by atoms with Crippen molar-refractivity contribution in [3.8, 4) is 0 Å². The summed E-state index contributed by atoms with van der Waals surface area (Å²) < 4.78 is 27.2. The first-order valence-electron chi connectivity index (χ1n) is 14.2. The quantitative estimate of drug-likeness (QED) is 0.456. The van der Waals surface area contributed by atoms with Gasteiger partial charge in [-0.15, -0.1) is 0 Å². The molecular formula is C30H39N3O4S. The molecule has 2 spiro atoms. The fourth-order valence-electron chi connectivity index (χ4n) is 7.13. The van der Waals surface area contributed by atoms with Crippen LogP contribution < -0.4 is 14.9 Å². The molecule has 1 saturated heterocycles. The minimum absolute atomic E-state index is 0.161. The van der Waals surface area contributed by atoms with Crippen LogP contribution in [0.4, 0.5) is 17.1 Å². The number of nitrogens with one attached hydrogen (secondary N) is 2. The van der Waals surface area contributed by atoms with Crippen molar-refractivity contribution in [2.24, 2.45) is 10.8 Å². The monoisotopic (exact) mass is 537 g/mol. The van der Waals surface area contributed by atoms with E-state index in [9.17, 15) is 13.2 Å². The first-order chi connectivity index (χ1) is 18.3. The summed E-state index contributed by atoms with van der Waals surface area (Å²) in [6.45, 7) is 1.27. The van der Waals surface area contributed by atoms with Crippen molar-refractivity contribution >= 4 is 33.0 Å². The lowest BCUT2D eigenvalue weighted by molar-refractivity contribution is 0.102. The highest BCUT2D eigenvalue weighted by molar-refractivity contribution is 7.92. The molecule has 1 heterocycles. The minimum atomic E-state index is -3.66. The van der Waals surface area contributed by atoms with Gasteiger partial charge in [-0.25, -0.2) is 8.42 Å². The number of carbonyl (C=O) groups excluding carboxylic acids is 1. The van der Waals surface area contributed by atoms with E-state index in [0.717, 1.165) is 50.1 Å². The highest BCUT2D eigenvalue weighted by Gasteiger charge is 2.44. The Bertz CT molecular complexity index is 1320. The predicted molar refractivity (Wildman–Crippen MR) is 151 cm³/mol. The summed E-state index contributed by atoms with van der Waals surface area (Å²) in [5.74, 6) is -0.525. The molecule has 3 N–H and O–H groups in total. The maximum atomic E-state index is 13.7. The maximum absolute atomic E-state index is 13.7. The number of benzene rings is 2. The lowest BCUT2D eigenvalue weighted by Gasteiger charge is -2.36. The molecule has 7 nitrogen and oxygen atoms in total. The van der Waals surface area contributed by atoms with Crippen molar-refractivity contribution in [2.45, 2.75) is 70.6 Å². The van der Waals surface area contributed by atoms with Crippen LogP contribution in [0.15, 0.2) is 36.4 Å². The van der Waals surface area contributed by atoms with E-state index in [1.54, 1.807) is 18.2 Å².